The van der Waals surface area contributed by atoms with E-state index in [-0.39, 0.29) is 0 Å². The minimum atomic E-state index is 0.322. The average Bonchev–Trinajstić information content (AvgIpc) is 3.04. The van der Waals surface area contributed by atoms with Crippen molar-refractivity contribution in [3.63, 3.8) is 0 Å². The maximum atomic E-state index is 5.97. The SMILES string of the molecule is Cc1occc1-c1noc(N)c1-c1ccc(C(C)C)cc1. The molecule has 0 saturated heterocycles. The molecule has 0 radical (unpaired) electrons. The van der Waals surface area contributed by atoms with Crippen LogP contribution in [0, 0.1) is 6.92 Å². The highest BCUT2D eigenvalue weighted by Gasteiger charge is 2.20. The van der Waals surface area contributed by atoms with Crippen LogP contribution in [0.4, 0.5) is 5.88 Å². The van der Waals surface area contributed by atoms with Gasteiger partial charge in [0, 0.05) is 5.56 Å². The molecule has 0 amide bonds. The number of benzene rings is 1. The largest absolute Gasteiger partial charge is 0.469 e. The van der Waals surface area contributed by atoms with E-state index in [1.165, 1.54) is 5.56 Å². The second-order valence-electron chi connectivity index (χ2n) is 5.44. The lowest BCUT2D eigenvalue weighted by Gasteiger charge is -2.07. The minimum absolute atomic E-state index is 0.322. The smallest absolute Gasteiger partial charge is 0.230 e. The Morgan fingerprint density at radius 3 is 2.38 bits per heavy atom. The van der Waals surface area contributed by atoms with E-state index in [1.807, 2.05) is 13.0 Å². The van der Waals surface area contributed by atoms with Gasteiger partial charge in [-0.3, -0.25) is 0 Å². The number of nitrogen functional groups attached to an aromatic ring is 1. The summed E-state index contributed by atoms with van der Waals surface area (Å²) in [6, 6.07) is 10.2. The second kappa shape index (κ2) is 5.13. The van der Waals surface area contributed by atoms with Gasteiger partial charge in [0.15, 0.2) is 0 Å². The van der Waals surface area contributed by atoms with Gasteiger partial charge in [-0.15, -0.1) is 0 Å². The van der Waals surface area contributed by atoms with Gasteiger partial charge in [0.25, 0.3) is 0 Å². The third kappa shape index (κ3) is 2.33. The van der Waals surface area contributed by atoms with Crippen molar-refractivity contribution in [1.82, 2.24) is 5.16 Å². The Morgan fingerprint density at radius 1 is 1.10 bits per heavy atom. The monoisotopic (exact) mass is 282 g/mol. The molecule has 0 fully saturated rings. The number of hydrogen-bond donors (Lipinski definition) is 1. The van der Waals surface area contributed by atoms with E-state index in [0.29, 0.717) is 11.8 Å². The number of furan rings is 1. The van der Waals surface area contributed by atoms with E-state index >= 15 is 0 Å². The predicted octanol–water partition coefficient (Wildman–Crippen LogP) is 4.62. The lowest BCUT2D eigenvalue weighted by molar-refractivity contribution is 0.439. The summed E-state index contributed by atoms with van der Waals surface area (Å²) in [5.41, 5.74) is 10.7. The first kappa shape index (κ1) is 13.5. The molecule has 21 heavy (non-hydrogen) atoms. The molecule has 0 bridgehead atoms. The van der Waals surface area contributed by atoms with Crippen molar-refractivity contribution in [2.45, 2.75) is 26.7 Å². The van der Waals surface area contributed by atoms with Crippen LogP contribution in [-0.4, -0.2) is 5.16 Å². The van der Waals surface area contributed by atoms with Gasteiger partial charge in [-0.1, -0.05) is 43.3 Å². The van der Waals surface area contributed by atoms with E-state index in [2.05, 4.69) is 43.3 Å². The Hall–Kier alpha value is -2.49. The fourth-order valence-corrected chi connectivity index (χ4v) is 2.43. The van der Waals surface area contributed by atoms with Crippen LogP contribution in [0.15, 0.2) is 45.5 Å². The van der Waals surface area contributed by atoms with E-state index in [4.69, 9.17) is 14.7 Å². The van der Waals surface area contributed by atoms with Crippen LogP contribution in [0.25, 0.3) is 22.4 Å². The van der Waals surface area contributed by atoms with Gasteiger partial charge in [-0.25, -0.2) is 0 Å². The average molecular weight is 282 g/mol. The normalized spacial score (nSPS) is 11.2. The standard InChI is InChI=1S/C17H18N2O2/c1-10(2)12-4-6-13(7-5-12)15-16(19-21-17(15)18)14-8-9-20-11(14)3/h4-10H,18H2,1-3H3. The Kier molecular flexibility index (Phi) is 3.29. The molecule has 2 aromatic heterocycles. The number of nitrogens with two attached hydrogens (primary N) is 1. The molecule has 0 saturated carbocycles. The molecule has 0 aliphatic heterocycles. The molecule has 0 aliphatic rings. The van der Waals surface area contributed by atoms with Crippen LogP contribution in [-0.2, 0) is 0 Å². The van der Waals surface area contributed by atoms with Crippen LogP contribution in [0.1, 0.15) is 31.1 Å². The van der Waals surface area contributed by atoms with Gasteiger partial charge < -0.3 is 14.7 Å². The minimum Gasteiger partial charge on any atom is -0.469 e. The fraction of sp³-hybridized carbons (Fsp3) is 0.235. The summed E-state index contributed by atoms with van der Waals surface area (Å²) >= 11 is 0. The molecule has 4 nitrogen and oxygen atoms in total. The lowest BCUT2D eigenvalue weighted by atomic mass is 9.97. The van der Waals surface area contributed by atoms with Gasteiger partial charge >= 0.3 is 0 Å². The highest BCUT2D eigenvalue weighted by molar-refractivity contribution is 5.87. The topological polar surface area (TPSA) is 65.2 Å². The van der Waals surface area contributed by atoms with Crippen molar-refractivity contribution in [1.29, 1.82) is 0 Å². The van der Waals surface area contributed by atoms with Crippen molar-refractivity contribution in [2.24, 2.45) is 0 Å². The molecule has 0 atom stereocenters. The quantitative estimate of drug-likeness (QED) is 0.761. The van der Waals surface area contributed by atoms with Crippen LogP contribution in [0.5, 0.6) is 0 Å². The number of anilines is 1. The molecule has 1 aromatic carbocycles. The van der Waals surface area contributed by atoms with Crippen LogP contribution in [0.3, 0.4) is 0 Å². The molecule has 3 aromatic rings. The fourth-order valence-electron chi connectivity index (χ4n) is 2.43. The number of hydrogen-bond acceptors (Lipinski definition) is 4. The van der Waals surface area contributed by atoms with Gasteiger partial charge in [0.2, 0.25) is 5.88 Å². The predicted molar refractivity (Wildman–Crippen MR) is 82.9 cm³/mol. The number of aryl methyl sites for hydroxylation is 1. The Balaban J connectivity index is 2.10. The third-order valence-corrected chi connectivity index (χ3v) is 3.70. The van der Waals surface area contributed by atoms with Crippen molar-refractivity contribution >= 4 is 5.88 Å². The lowest BCUT2D eigenvalue weighted by Crippen LogP contribution is -1.90. The first-order chi connectivity index (χ1) is 10.1. The zero-order valence-electron chi connectivity index (χ0n) is 12.4. The first-order valence-corrected chi connectivity index (χ1v) is 6.98. The van der Waals surface area contributed by atoms with Gasteiger partial charge in [-0.05, 0) is 30.0 Å². The maximum absolute atomic E-state index is 5.97. The maximum Gasteiger partial charge on any atom is 0.230 e. The summed E-state index contributed by atoms with van der Waals surface area (Å²) < 4.78 is 10.5. The molecular weight excluding hydrogens is 264 g/mol. The first-order valence-electron chi connectivity index (χ1n) is 6.98. The Labute approximate surface area is 123 Å². The van der Waals surface area contributed by atoms with Crippen LogP contribution < -0.4 is 5.73 Å². The van der Waals surface area contributed by atoms with Crippen LogP contribution in [0.2, 0.25) is 0 Å². The van der Waals surface area contributed by atoms with Crippen molar-refractivity contribution in [3.8, 4) is 22.4 Å². The number of nitrogens with zero attached hydrogens (tertiary/aromatic N) is 1. The number of rotatable bonds is 3. The van der Waals surface area contributed by atoms with Crippen molar-refractivity contribution in [2.75, 3.05) is 5.73 Å². The van der Waals surface area contributed by atoms with Crippen molar-refractivity contribution < 1.29 is 8.94 Å². The molecule has 4 heteroatoms. The zero-order chi connectivity index (χ0) is 15.0. The summed E-state index contributed by atoms with van der Waals surface area (Å²) in [7, 11) is 0. The molecule has 0 spiro atoms. The molecule has 0 unspecified atom stereocenters. The van der Waals surface area contributed by atoms with Gasteiger partial charge in [0.1, 0.15) is 11.5 Å². The van der Waals surface area contributed by atoms with Gasteiger partial charge in [-0.2, -0.15) is 0 Å². The van der Waals surface area contributed by atoms with Crippen molar-refractivity contribution in [3.05, 3.63) is 47.9 Å². The van der Waals surface area contributed by atoms with E-state index in [1.54, 1.807) is 6.26 Å². The van der Waals surface area contributed by atoms with E-state index < -0.39 is 0 Å². The molecule has 2 N–H and O–H groups in total. The Bertz CT molecular complexity index is 751. The summed E-state index contributed by atoms with van der Waals surface area (Å²) in [6.45, 7) is 6.23. The van der Waals surface area contributed by atoms with Gasteiger partial charge in [0.05, 0.1) is 11.8 Å². The summed E-state index contributed by atoms with van der Waals surface area (Å²) in [6.07, 6.45) is 1.64. The summed E-state index contributed by atoms with van der Waals surface area (Å²) in [4.78, 5) is 0. The second-order valence-corrected chi connectivity index (χ2v) is 5.44. The third-order valence-electron chi connectivity index (χ3n) is 3.70. The summed E-state index contributed by atoms with van der Waals surface area (Å²) in [5, 5.41) is 4.09. The Morgan fingerprint density at radius 2 is 1.81 bits per heavy atom. The van der Waals surface area contributed by atoms with Crippen LogP contribution >= 0.6 is 0 Å². The molecule has 3 rings (SSSR count). The molecule has 108 valence electrons. The highest BCUT2D eigenvalue weighted by atomic mass is 16.5. The molecular formula is C17H18N2O2. The van der Waals surface area contributed by atoms with E-state index in [9.17, 15) is 0 Å². The molecule has 0 aliphatic carbocycles. The zero-order valence-corrected chi connectivity index (χ0v) is 12.4. The molecule has 2 heterocycles. The number of aromatic nitrogens is 1. The highest BCUT2D eigenvalue weighted by Crippen LogP contribution is 2.38. The van der Waals surface area contributed by atoms with E-state index in [0.717, 1.165) is 28.1 Å². The summed E-state index contributed by atoms with van der Waals surface area (Å²) in [5.74, 6) is 1.61.